The predicted molar refractivity (Wildman–Crippen MR) is 119 cm³/mol. The van der Waals surface area contributed by atoms with Gasteiger partial charge in [0, 0.05) is 37.2 Å². The van der Waals surface area contributed by atoms with E-state index in [9.17, 15) is 4.79 Å². The Balaban J connectivity index is 1.56. The fourth-order valence-corrected chi connectivity index (χ4v) is 3.36. The summed E-state index contributed by atoms with van der Waals surface area (Å²) in [5.74, 6) is 0.758. The van der Waals surface area contributed by atoms with Gasteiger partial charge >= 0.3 is 5.97 Å². The van der Waals surface area contributed by atoms with Gasteiger partial charge in [-0.05, 0) is 48.2 Å². The van der Waals surface area contributed by atoms with E-state index in [0.29, 0.717) is 23.8 Å². The maximum atomic E-state index is 11.9. The Morgan fingerprint density at radius 1 is 1.13 bits per heavy atom. The highest BCUT2D eigenvalue weighted by atomic mass is 16.5. The van der Waals surface area contributed by atoms with Crippen LogP contribution in [0.15, 0.2) is 47.6 Å². The monoisotopic (exact) mass is 408 g/mol. The Bertz CT molecular complexity index is 1060. The van der Waals surface area contributed by atoms with Crippen molar-refractivity contribution in [2.24, 2.45) is 4.99 Å². The first-order valence-corrected chi connectivity index (χ1v) is 9.82. The molecule has 0 fully saturated rings. The number of benzene rings is 2. The number of carbonyl (C=O) groups is 1. The van der Waals surface area contributed by atoms with Crippen molar-refractivity contribution >= 4 is 22.8 Å². The molecule has 0 aliphatic heterocycles. The third-order valence-corrected chi connectivity index (χ3v) is 4.96. The second-order valence-corrected chi connectivity index (χ2v) is 6.99. The normalized spacial score (nSPS) is 11.4. The molecule has 0 aliphatic carbocycles. The number of carbonyl (C=O) groups excluding carboxylic acids is 1. The molecule has 3 rings (SSSR count). The van der Waals surface area contributed by atoms with Crippen LogP contribution in [0, 0.1) is 6.92 Å². The van der Waals surface area contributed by atoms with Crippen LogP contribution in [0.5, 0.6) is 5.75 Å². The van der Waals surface area contributed by atoms with E-state index >= 15 is 0 Å². The molecular formula is C23H28N4O3. The van der Waals surface area contributed by atoms with Gasteiger partial charge in [0.05, 0.1) is 14.2 Å². The number of ether oxygens (including phenoxy) is 2. The summed E-state index contributed by atoms with van der Waals surface area (Å²) in [4.78, 5) is 19.6. The second-order valence-electron chi connectivity index (χ2n) is 6.99. The SMILES string of the molecule is CN=C(NCCc1c[nH]c2cc(C)ccc12)NCc1ccc(OC)c(C(=O)OC)c1. The summed E-state index contributed by atoms with van der Waals surface area (Å²) < 4.78 is 10.1. The number of hydrogen-bond acceptors (Lipinski definition) is 4. The van der Waals surface area contributed by atoms with Gasteiger partial charge in [0.15, 0.2) is 5.96 Å². The average molecular weight is 409 g/mol. The zero-order valence-corrected chi connectivity index (χ0v) is 17.8. The maximum Gasteiger partial charge on any atom is 0.341 e. The zero-order valence-electron chi connectivity index (χ0n) is 17.8. The van der Waals surface area contributed by atoms with Crippen LogP contribution in [0.4, 0.5) is 0 Å². The van der Waals surface area contributed by atoms with Crippen molar-refractivity contribution in [3.8, 4) is 5.75 Å². The van der Waals surface area contributed by atoms with Crippen molar-refractivity contribution in [2.75, 3.05) is 27.8 Å². The number of nitrogens with one attached hydrogen (secondary N) is 3. The molecule has 0 aliphatic rings. The number of rotatable bonds is 7. The van der Waals surface area contributed by atoms with Gasteiger partial charge in [0.1, 0.15) is 11.3 Å². The van der Waals surface area contributed by atoms with Gasteiger partial charge in [-0.25, -0.2) is 4.79 Å². The third kappa shape index (κ3) is 4.92. The van der Waals surface area contributed by atoms with Gasteiger partial charge in [-0.1, -0.05) is 18.2 Å². The number of hydrogen-bond donors (Lipinski definition) is 3. The first kappa shape index (κ1) is 21.2. The lowest BCUT2D eigenvalue weighted by Crippen LogP contribution is -2.37. The Morgan fingerprint density at radius 3 is 2.70 bits per heavy atom. The lowest BCUT2D eigenvalue weighted by atomic mass is 10.1. The Labute approximate surface area is 176 Å². The van der Waals surface area contributed by atoms with Crippen LogP contribution < -0.4 is 15.4 Å². The predicted octanol–water partition coefficient (Wildman–Crippen LogP) is 3.18. The fourth-order valence-electron chi connectivity index (χ4n) is 3.36. The van der Waals surface area contributed by atoms with Crippen LogP contribution in [0.3, 0.4) is 0 Å². The number of aromatic amines is 1. The number of fused-ring (bicyclic) bond motifs is 1. The first-order chi connectivity index (χ1) is 14.5. The van der Waals surface area contributed by atoms with Gasteiger partial charge in [-0.2, -0.15) is 0 Å². The van der Waals surface area contributed by atoms with E-state index < -0.39 is 5.97 Å². The lowest BCUT2D eigenvalue weighted by molar-refractivity contribution is 0.0597. The van der Waals surface area contributed by atoms with E-state index in [-0.39, 0.29) is 0 Å². The molecule has 1 aromatic heterocycles. The molecule has 7 heteroatoms. The summed E-state index contributed by atoms with van der Waals surface area (Å²) in [6, 6.07) is 11.9. The zero-order chi connectivity index (χ0) is 21.5. The molecule has 0 amide bonds. The highest BCUT2D eigenvalue weighted by molar-refractivity contribution is 5.92. The number of esters is 1. The van der Waals surface area contributed by atoms with Crippen molar-refractivity contribution < 1.29 is 14.3 Å². The smallest absolute Gasteiger partial charge is 0.341 e. The van der Waals surface area contributed by atoms with E-state index in [1.165, 1.54) is 30.7 Å². The van der Waals surface area contributed by atoms with Crippen molar-refractivity contribution in [2.45, 2.75) is 19.9 Å². The van der Waals surface area contributed by atoms with Crippen LogP contribution in [-0.4, -0.2) is 44.7 Å². The quantitative estimate of drug-likeness (QED) is 0.318. The minimum atomic E-state index is -0.426. The molecule has 3 aromatic rings. The molecule has 2 aromatic carbocycles. The molecule has 3 N–H and O–H groups in total. The van der Waals surface area contributed by atoms with Crippen LogP contribution in [0.2, 0.25) is 0 Å². The van der Waals surface area contributed by atoms with E-state index in [0.717, 1.165) is 24.0 Å². The summed E-state index contributed by atoms with van der Waals surface area (Å²) in [6.45, 7) is 3.35. The minimum absolute atomic E-state index is 0.400. The third-order valence-electron chi connectivity index (χ3n) is 4.96. The molecule has 0 saturated heterocycles. The molecule has 0 saturated carbocycles. The molecule has 1 heterocycles. The number of aliphatic imine (C=N–C) groups is 1. The number of nitrogens with zero attached hydrogens (tertiary/aromatic N) is 1. The Hall–Kier alpha value is -3.48. The average Bonchev–Trinajstić information content (AvgIpc) is 3.17. The van der Waals surface area contributed by atoms with Crippen molar-refractivity contribution in [3.63, 3.8) is 0 Å². The topological polar surface area (TPSA) is 87.7 Å². The van der Waals surface area contributed by atoms with Gasteiger partial charge in [0.25, 0.3) is 0 Å². The minimum Gasteiger partial charge on any atom is -0.496 e. The van der Waals surface area contributed by atoms with Crippen LogP contribution in [-0.2, 0) is 17.7 Å². The van der Waals surface area contributed by atoms with Gasteiger partial charge in [0.2, 0.25) is 0 Å². The molecule has 0 spiro atoms. The van der Waals surface area contributed by atoms with E-state index in [4.69, 9.17) is 9.47 Å². The molecule has 0 bridgehead atoms. The van der Waals surface area contributed by atoms with Gasteiger partial charge in [-0.3, -0.25) is 4.99 Å². The highest BCUT2D eigenvalue weighted by Gasteiger charge is 2.13. The second kappa shape index (κ2) is 9.82. The summed E-state index contributed by atoms with van der Waals surface area (Å²) in [5.41, 5.74) is 5.00. The van der Waals surface area contributed by atoms with Crippen LogP contribution >= 0.6 is 0 Å². The molecule has 0 atom stereocenters. The number of methoxy groups -OCH3 is 2. The van der Waals surface area contributed by atoms with E-state index in [2.05, 4.69) is 51.9 Å². The fraction of sp³-hybridized carbons (Fsp3) is 0.304. The Kier molecular flexibility index (Phi) is 6.95. The summed E-state index contributed by atoms with van der Waals surface area (Å²) in [6.07, 6.45) is 2.94. The highest BCUT2D eigenvalue weighted by Crippen LogP contribution is 2.21. The summed E-state index contributed by atoms with van der Waals surface area (Å²) in [7, 11) is 4.62. The summed E-state index contributed by atoms with van der Waals surface area (Å²) >= 11 is 0. The molecule has 30 heavy (non-hydrogen) atoms. The first-order valence-electron chi connectivity index (χ1n) is 9.82. The standard InChI is InChI=1S/C23H28N4O3/c1-15-5-7-18-17(14-26-20(18)11-15)9-10-25-23(24-2)27-13-16-6-8-21(29-3)19(12-16)22(28)30-4/h5-8,11-12,14,26H,9-10,13H2,1-4H3,(H2,24,25,27). The number of H-pyrrole nitrogens is 1. The molecule has 0 unspecified atom stereocenters. The number of aryl methyl sites for hydroxylation is 1. The summed E-state index contributed by atoms with van der Waals surface area (Å²) in [5, 5.41) is 7.85. The number of aromatic nitrogens is 1. The number of guanidine groups is 1. The van der Waals surface area contributed by atoms with Crippen LogP contribution in [0.25, 0.3) is 10.9 Å². The Morgan fingerprint density at radius 2 is 1.97 bits per heavy atom. The molecular weight excluding hydrogens is 380 g/mol. The molecule has 158 valence electrons. The van der Waals surface area contributed by atoms with Gasteiger partial charge < -0.3 is 25.1 Å². The maximum absolute atomic E-state index is 11.9. The van der Waals surface area contributed by atoms with Crippen LogP contribution in [0.1, 0.15) is 27.0 Å². The van der Waals surface area contributed by atoms with Crippen molar-refractivity contribution in [1.29, 1.82) is 0 Å². The van der Waals surface area contributed by atoms with Crippen molar-refractivity contribution in [3.05, 3.63) is 64.8 Å². The molecule has 0 radical (unpaired) electrons. The van der Waals surface area contributed by atoms with Crippen molar-refractivity contribution in [1.82, 2.24) is 15.6 Å². The van der Waals surface area contributed by atoms with E-state index in [1.54, 1.807) is 19.2 Å². The lowest BCUT2D eigenvalue weighted by Gasteiger charge is -2.13. The van der Waals surface area contributed by atoms with E-state index in [1.807, 2.05) is 6.07 Å². The largest absolute Gasteiger partial charge is 0.496 e. The molecule has 7 nitrogen and oxygen atoms in total. The van der Waals surface area contributed by atoms with Gasteiger partial charge in [-0.15, -0.1) is 0 Å².